The predicted octanol–water partition coefficient (Wildman–Crippen LogP) is 1.99. The normalized spacial score (nSPS) is 23.1. The molecule has 0 saturated carbocycles. The lowest BCUT2D eigenvalue weighted by molar-refractivity contribution is -0.145. The van der Waals surface area contributed by atoms with Gasteiger partial charge in [0.25, 0.3) is 5.91 Å². The fourth-order valence-corrected chi connectivity index (χ4v) is 3.42. The number of hydrogen-bond acceptors (Lipinski definition) is 5. The maximum Gasteiger partial charge on any atom is 0.326 e. The van der Waals surface area contributed by atoms with Crippen LogP contribution in [0.15, 0.2) is 0 Å². The second-order valence-electron chi connectivity index (χ2n) is 5.54. The van der Waals surface area contributed by atoms with Gasteiger partial charge in [0, 0.05) is 6.54 Å². The van der Waals surface area contributed by atoms with Gasteiger partial charge in [0.15, 0.2) is 0 Å². The fourth-order valence-electron chi connectivity index (χ4n) is 2.65. The standard InChI is InChI=1S/C13H19N3O3S/c1-7(2)9-11(20-15-14-9)12(17)16-6-4-5-8(3)10(16)13(18)19/h7-8,10H,4-6H2,1-3H3,(H,18,19). The third-order valence-corrected chi connectivity index (χ3v) is 4.43. The molecular weight excluding hydrogens is 278 g/mol. The Morgan fingerprint density at radius 2 is 2.15 bits per heavy atom. The predicted molar refractivity (Wildman–Crippen MR) is 74.9 cm³/mol. The van der Waals surface area contributed by atoms with Gasteiger partial charge in [-0.15, -0.1) is 5.10 Å². The molecule has 110 valence electrons. The zero-order valence-corrected chi connectivity index (χ0v) is 12.7. The summed E-state index contributed by atoms with van der Waals surface area (Å²) in [7, 11) is 0. The van der Waals surface area contributed by atoms with Crippen molar-refractivity contribution in [1.29, 1.82) is 0 Å². The second-order valence-corrected chi connectivity index (χ2v) is 6.30. The van der Waals surface area contributed by atoms with Gasteiger partial charge in [0.05, 0.1) is 5.69 Å². The number of aromatic nitrogens is 2. The van der Waals surface area contributed by atoms with E-state index in [4.69, 9.17) is 0 Å². The van der Waals surface area contributed by atoms with E-state index in [-0.39, 0.29) is 17.7 Å². The molecule has 0 bridgehead atoms. The van der Waals surface area contributed by atoms with Crippen LogP contribution in [-0.2, 0) is 4.79 Å². The van der Waals surface area contributed by atoms with Crippen LogP contribution in [0.4, 0.5) is 0 Å². The summed E-state index contributed by atoms with van der Waals surface area (Å²) in [5.41, 5.74) is 0.655. The van der Waals surface area contributed by atoms with E-state index in [2.05, 4.69) is 9.59 Å². The number of carboxylic acids is 1. The Balaban J connectivity index is 2.31. The van der Waals surface area contributed by atoms with E-state index in [0.717, 1.165) is 24.4 Å². The number of amides is 1. The van der Waals surface area contributed by atoms with Crippen LogP contribution in [0.1, 0.15) is 54.9 Å². The Labute approximate surface area is 122 Å². The van der Waals surface area contributed by atoms with Crippen LogP contribution >= 0.6 is 11.5 Å². The number of nitrogens with zero attached hydrogens (tertiary/aromatic N) is 3. The summed E-state index contributed by atoms with van der Waals surface area (Å²) in [6, 6.07) is -0.752. The van der Waals surface area contributed by atoms with Crippen molar-refractivity contribution in [1.82, 2.24) is 14.5 Å². The van der Waals surface area contributed by atoms with E-state index in [9.17, 15) is 14.7 Å². The van der Waals surface area contributed by atoms with Crippen molar-refractivity contribution in [2.45, 2.75) is 45.6 Å². The van der Waals surface area contributed by atoms with Crippen LogP contribution in [0.5, 0.6) is 0 Å². The summed E-state index contributed by atoms with van der Waals surface area (Å²) in [4.78, 5) is 26.0. The van der Waals surface area contributed by atoms with Gasteiger partial charge >= 0.3 is 5.97 Å². The summed E-state index contributed by atoms with van der Waals surface area (Å²) in [6.45, 7) is 6.25. The molecule has 1 amide bonds. The highest BCUT2D eigenvalue weighted by molar-refractivity contribution is 7.08. The molecule has 6 nitrogen and oxygen atoms in total. The number of rotatable bonds is 3. The Hall–Kier alpha value is -1.50. The average molecular weight is 297 g/mol. The van der Waals surface area contributed by atoms with E-state index >= 15 is 0 Å². The van der Waals surface area contributed by atoms with Crippen molar-refractivity contribution in [3.8, 4) is 0 Å². The molecular formula is C13H19N3O3S. The van der Waals surface area contributed by atoms with Crippen molar-refractivity contribution >= 4 is 23.4 Å². The first kappa shape index (κ1) is 14.9. The highest BCUT2D eigenvalue weighted by Gasteiger charge is 2.38. The van der Waals surface area contributed by atoms with Crippen LogP contribution in [-0.4, -0.2) is 44.1 Å². The first-order valence-electron chi connectivity index (χ1n) is 6.79. The van der Waals surface area contributed by atoms with Gasteiger partial charge < -0.3 is 10.0 Å². The van der Waals surface area contributed by atoms with Crippen LogP contribution in [0.2, 0.25) is 0 Å². The SMILES string of the molecule is CC(C)c1nnsc1C(=O)N1CCCC(C)C1C(=O)O. The monoisotopic (exact) mass is 297 g/mol. The summed E-state index contributed by atoms with van der Waals surface area (Å²) >= 11 is 1.05. The minimum Gasteiger partial charge on any atom is -0.480 e. The lowest BCUT2D eigenvalue weighted by Gasteiger charge is -2.37. The van der Waals surface area contributed by atoms with Crippen molar-refractivity contribution in [2.24, 2.45) is 5.92 Å². The van der Waals surface area contributed by atoms with Crippen LogP contribution in [0, 0.1) is 5.92 Å². The molecule has 1 aromatic rings. The zero-order valence-electron chi connectivity index (χ0n) is 11.9. The molecule has 1 aliphatic heterocycles. The minimum absolute atomic E-state index is 0.0337. The molecule has 1 aliphatic rings. The third-order valence-electron chi connectivity index (χ3n) is 3.70. The van der Waals surface area contributed by atoms with Gasteiger partial charge in [0.2, 0.25) is 0 Å². The van der Waals surface area contributed by atoms with Gasteiger partial charge in [-0.2, -0.15) is 0 Å². The molecule has 1 fully saturated rings. The Morgan fingerprint density at radius 1 is 1.45 bits per heavy atom. The first-order chi connectivity index (χ1) is 9.43. The molecule has 0 aliphatic carbocycles. The lowest BCUT2D eigenvalue weighted by atomic mass is 9.90. The van der Waals surface area contributed by atoms with E-state index in [0.29, 0.717) is 17.1 Å². The fraction of sp³-hybridized carbons (Fsp3) is 0.692. The molecule has 1 N–H and O–H groups in total. The number of carboxylic acid groups (broad SMARTS) is 1. The zero-order chi connectivity index (χ0) is 14.9. The van der Waals surface area contributed by atoms with Crippen LogP contribution in [0.3, 0.4) is 0 Å². The molecule has 0 radical (unpaired) electrons. The molecule has 2 rings (SSSR count). The van der Waals surface area contributed by atoms with Crippen molar-refractivity contribution in [3.63, 3.8) is 0 Å². The summed E-state index contributed by atoms with van der Waals surface area (Å²) in [5, 5.41) is 13.4. The van der Waals surface area contributed by atoms with Gasteiger partial charge in [-0.1, -0.05) is 25.3 Å². The van der Waals surface area contributed by atoms with E-state index < -0.39 is 12.0 Å². The minimum atomic E-state index is -0.936. The smallest absolute Gasteiger partial charge is 0.326 e. The van der Waals surface area contributed by atoms with E-state index in [1.165, 1.54) is 4.90 Å². The van der Waals surface area contributed by atoms with Gasteiger partial charge in [-0.25, -0.2) is 4.79 Å². The summed E-state index contributed by atoms with van der Waals surface area (Å²) in [5.74, 6) is -1.12. The van der Waals surface area contributed by atoms with Crippen LogP contribution in [0.25, 0.3) is 0 Å². The number of hydrogen-bond donors (Lipinski definition) is 1. The third kappa shape index (κ3) is 2.67. The molecule has 1 aromatic heterocycles. The van der Waals surface area contributed by atoms with E-state index in [1.54, 1.807) is 0 Å². The van der Waals surface area contributed by atoms with Crippen molar-refractivity contribution in [2.75, 3.05) is 6.54 Å². The Bertz CT molecular complexity index is 515. The largest absolute Gasteiger partial charge is 0.480 e. The average Bonchev–Trinajstić information content (AvgIpc) is 2.86. The van der Waals surface area contributed by atoms with Gasteiger partial charge in [-0.3, -0.25) is 4.79 Å². The topological polar surface area (TPSA) is 83.4 Å². The summed E-state index contributed by atoms with van der Waals surface area (Å²) in [6.07, 6.45) is 1.67. The van der Waals surface area contributed by atoms with Gasteiger partial charge in [-0.05, 0) is 36.2 Å². The molecule has 2 atom stereocenters. The van der Waals surface area contributed by atoms with Crippen molar-refractivity contribution < 1.29 is 14.7 Å². The molecule has 7 heteroatoms. The summed E-state index contributed by atoms with van der Waals surface area (Å²) < 4.78 is 3.84. The maximum absolute atomic E-state index is 12.6. The number of carbonyl (C=O) groups excluding carboxylic acids is 1. The molecule has 1 saturated heterocycles. The first-order valence-corrected chi connectivity index (χ1v) is 7.56. The highest BCUT2D eigenvalue weighted by Crippen LogP contribution is 2.28. The molecule has 2 heterocycles. The molecule has 20 heavy (non-hydrogen) atoms. The quantitative estimate of drug-likeness (QED) is 0.922. The molecule has 2 unspecified atom stereocenters. The number of carbonyl (C=O) groups is 2. The maximum atomic E-state index is 12.6. The Kier molecular flexibility index (Phi) is 4.37. The number of aliphatic carboxylic acids is 1. The lowest BCUT2D eigenvalue weighted by Crippen LogP contribution is -2.51. The van der Waals surface area contributed by atoms with Gasteiger partial charge in [0.1, 0.15) is 10.9 Å². The van der Waals surface area contributed by atoms with Crippen molar-refractivity contribution in [3.05, 3.63) is 10.6 Å². The molecule has 0 spiro atoms. The Morgan fingerprint density at radius 3 is 2.75 bits per heavy atom. The number of likely N-dealkylation sites (tertiary alicyclic amines) is 1. The highest BCUT2D eigenvalue weighted by atomic mass is 32.1. The second kappa shape index (κ2) is 5.87. The van der Waals surface area contributed by atoms with Crippen LogP contribution < -0.4 is 0 Å². The molecule has 0 aromatic carbocycles. The number of piperidine rings is 1. The van der Waals surface area contributed by atoms with E-state index in [1.807, 2.05) is 20.8 Å².